The SMILES string of the molecule is CC(C)Cc1ccc(C(=O)ONc2ccccc2)cc1. The van der Waals surface area contributed by atoms with E-state index >= 15 is 0 Å². The molecule has 0 aliphatic carbocycles. The van der Waals surface area contributed by atoms with Crippen LogP contribution in [-0.2, 0) is 11.3 Å². The molecular weight excluding hydrogens is 250 g/mol. The summed E-state index contributed by atoms with van der Waals surface area (Å²) in [5, 5.41) is 0. The van der Waals surface area contributed by atoms with E-state index in [1.807, 2.05) is 42.5 Å². The Bertz CT molecular complexity index is 547. The van der Waals surface area contributed by atoms with Crippen molar-refractivity contribution in [3.63, 3.8) is 0 Å². The first-order valence-corrected chi connectivity index (χ1v) is 6.76. The van der Waals surface area contributed by atoms with Gasteiger partial charge in [0.25, 0.3) is 0 Å². The van der Waals surface area contributed by atoms with Crippen LogP contribution in [0.5, 0.6) is 0 Å². The minimum atomic E-state index is -0.384. The van der Waals surface area contributed by atoms with E-state index in [-0.39, 0.29) is 5.97 Å². The van der Waals surface area contributed by atoms with Crippen LogP contribution in [0.3, 0.4) is 0 Å². The van der Waals surface area contributed by atoms with Gasteiger partial charge < -0.3 is 4.84 Å². The van der Waals surface area contributed by atoms with Crippen molar-refractivity contribution in [1.29, 1.82) is 0 Å². The van der Waals surface area contributed by atoms with Crippen LogP contribution in [0.25, 0.3) is 0 Å². The van der Waals surface area contributed by atoms with Crippen molar-refractivity contribution in [2.45, 2.75) is 20.3 Å². The number of carbonyl (C=O) groups excluding carboxylic acids is 1. The topological polar surface area (TPSA) is 38.3 Å². The summed E-state index contributed by atoms with van der Waals surface area (Å²) in [6.07, 6.45) is 1.01. The van der Waals surface area contributed by atoms with Gasteiger partial charge in [-0.05, 0) is 42.2 Å². The molecule has 0 saturated carbocycles. The predicted molar refractivity (Wildman–Crippen MR) is 80.5 cm³/mol. The second-order valence-corrected chi connectivity index (χ2v) is 5.15. The molecule has 0 aliphatic rings. The Labute approximate surface area is 119 Å². The molecule has 2 rings (SSSR count). The van der Waals surface area contributed by atoms with Crippen LogP contribution in [0.2, 0.25) is 0 Å². The molecule has 0 radical (unpaired) electrons. The number of nitrogens with one attached hydrogen (secondary N) is 1. The number of hydrogen-bond acceptors (Lipinski definition) is 3. The van der Waals surface area contributed by atoms with Gasteiger partial charge in [0.1, 0.15) is 0 Å². The summed E-state index contributed by atoms with van der Waals surface area (Å²) in [6.45, 7) is 4.35. The Kier molecular flexibility index (Phi) is 4.77. The average Bonchev–Trinajstić information content (AvgIpc) is 2.46. The van der Waals surface area contributed by atoms with E-state index in [0.29, 0.717) is 11.5 Å². The first-order chi connectivity index (χ1) is 9.65. The molecule has 2 aromatic rings. The van der Waals surface area contributed by atoms with Gasteiger partial charge in [-0.1, -0.05) is 44.2 Å². The average molecular weight is 269 g/mol. The molecule has 0 spiro atoms. The number of para-hydroxylation sites is 1. The minimum Gasteiger partial charge on any atom is -0.338 e. The van der Waals surface area contributed by atoms with Crippen molar-refractivity contribution < 1.29 is 9.63 Å². The summed E-state index contributed by atoms with van der Waals surface area (Å²) < 4.78 is 0. The number of benzene rings is 2. The molecule has 0 amide bonds. The van der Waals surface area contributed by atoms with Crippen LogP contribution < -0.4 is 5.48 Å². The number of hydrogen-bond donors (Lipinski definition) is 1. The standard InChI is InChI=1S/C17H19NO2/c1-13(2)12-14-8-10-15(11-9-14)17(19)20-18-16-6-4-3-5-7-16/h3-11,13,18H,12H2,1-2H3. The maximum absolute atomic E-state index is 11.9. The quantitative estimate of drug-likeness (QED) is 0.831. The first kappa shape index (κ1) is 14.1. The monoisotopic (exact) mass is 269 g/mol. The van der Waals surface area contributed by atoms with Crippen LogP contribution >= 0.6 is 0 Å². The lowest BCUT2D eigenvalue weighted by molar-refractivity contribution is 0.0596. The van der Waals surface area contributed by atoms with E-state index in [0.717, 1.165) is 12.1 Å². The fourth-order valence-corrected chi connectivity index (χ4v) is 1.92. The fourth-order valence-electron chi connectivity index (χ4n) is 1.92. The highest BCUT2D eigenvalue weighted by molar-refractivity contribution is 5.89. The lowest BCUT2D eigenvalue weighted by atomic mass is 10.0. The van der Waals surface area contributed by atoms with Gasteiger partial charge in [-0.2, -0.15) is 0 Å². The van der Waals surface area contributed by atoms with E-state index in [4.69, 9.17) is 4.84 Å². The molecule has 0 atom stereocenters. The van der Waals surface area contributed by atoms with Gasteiger partial charge in [0, 0.05) is 0 Å². The zero-order valence-electron chi connectivity index (χ0n) is 11.8. The highest BCUT2D eigenvalue weighted by Gasteiger charge is 2.07. The van der Waals surface area contributed by atoms with Crippen molar-refractivity contribution >= 4 is 11.7 Å². The molecule has 0 heterocycles. The molecule has 0 fully saturated rings. The Balaban J connectivity index is 1.92. The minimum absolute atomic E-state index is 0.384. The van der Waals surface area contributed by atoms with E-state index < -0.39 is 0 Å². The summed E-state index contributed by atoms with van der Waals surface area (Å²) in [6, 6.07) is 16.9. The van der Waals surface area contributed by atoms with Crippen LogP contribution in [0.15, 0.2) is 54.6 Å². The van der Waals surface area contributed by atoms with Crippen LogP contribution in [0.4, 0.5) is 5.69 Å². The van der Waals surface area contributed by atoms with Crippen LogP contribution in [0.1, 0.15) is 29.8 Å². The molecule has 0 saturated heterocycles. The molecule has 0 aliphatic heterocycles. The molecule has 3 heteroatoms. The second-order valence-electron chi connectivity index (χ2n) is 5.15. The van der Waals surface area contributed by atoms with Gasteiger partial charge in [-0.25, -0.2) is 10.3 Å². The molecule has 0 unspecified atom stereocenters. The zero-order chi connectivity index (χ0) is 14.4. The van der Waals surface area contributed by atoms with E-state index in [9.17, 15) is 4.79 Å². The molecule has 2 aromatic carbocycles. The molecule has 3 nitrogen and oxygen atoms in total. The molecule has 104 valence electrons. The van der Waals surface area contributed by atoms with E-state index in [1.54, 1.807) is 12.1 Å². The maximum Gasteiger partial charge on any atom is 0.362 e. The van der Waals surface area contributed by atoms with Crippen molar-refractivity contribution in [3.8, 4) is 0 Å². The van der Waals surface area contributed by atoms with Crippen molar-refractivity contribution in [2.75, 3.05) is 5.48 Å². The summed E-state index contributed by atoms with van der Waals surface area (Å²) in [7, 11) is 0. The third kappa shape index (κ3) is 4.12. The van der Waals surface area contributed by atoms with E-state index in [2.05, 4.69) is 19.3 Å². The molecular formula is C17H19NO2. The van der Waals surface area contributed by atoms with E-state index in [1.165, 1.54) is 5.56 Å². The van der Waals surface area contributed by atoms with Gasteiger partial charge in [-0.3, -0.25) is 0 Å². The molecule has 0 aromatic heterocycles. The number of carbonyl (C=O) groups is 1. The van der Waals surface area contributed by atoms with Gasteiger partial charge in [0.15, 0.2) is 0 Å². The zero-order valence-corrected chi connectivity index (χ0v) is 11.8. The normalized spacial score (nSPS) is 10.3. The third-order valence-electron chi connectivity index (χ3n) is 2.87. The fraction of sp³-hybridized carbons (Fsp3) is 0.235. The predicted octanol–water partition coefficient (Wildman–Crippen LogP) is 4.07. The Hall–Kier alpha value is -2.29. The maximum atomic E-state index is 11.9. The van der Waals surface area contributed by atoms with Gasteiger partial charge in [-0.15, -0.1) is 0 Å². The van der Waals surface area contributed by atoms with Crippen LogP contribution in [-0.4, -0.2) is 5.97 Å². The Morgan fingerprint density at radius 3 is 2.30 bits per heavy atom. The number of rotatable bonds is 5. The molecule has 20 heavy (non-hydrogen) atoms. The summed E-state index contributed by atoms with van der Waals surface area (Å²) in [5.41, 5.74) is 5.16. The molecule has 1 N–H and O–H groups in total. The van der Waals surface area contributed by atoms with Crippen LogP contribution in [0, 0.1) is 5.92 Å². The second kappa shape index (κ2) is 6.75. The Morgan fingerprint density at radius 1 is 1.05 bits per heavy atom. The van der Waals surface area contributed by atoms with Gasteiger partial charge in [0.2, 0.25) is 0 Å². The summed E-state index contributed by atoms with van der Waals surface area (Å²) in [4.78, 5) is 16.9. The van der Waals surface area contributed by atoms with Crippen molar-refractivity contribution in [2.24, 2.45) is 5.92 Å². The van der Waals surface area contributed by atoms with Crippen molar-refractivity contribution in [1.82, 2.24) is 0 Å². The number of anilines is 1. The van der Waals surface area contributed by atoms with Gasteiger partial charge in [0.05, 0.1) is 11.3 Å². The lowest BCUT2D eigenvalue weighted by Gasteiger charge is -2.08. The molecule has 0 bridgehead atoms. The highest BCUT2D eigenvalue weighted by Crippen LogP contribution is 2.11. The largest absolute Gasteiger partial charge is 0.362 e. The first-order valence-electron chi connectivity index (χ1n) is 6.76. The third-order valence-corrected chi connectivity index (χ3v) is 2.87. The summed E-state index contributed by atoms with van der Waals surface area (Å²) >= 11 is 0. The smallest absolute Gasteiger partial charge is 0.338 e. The van der Waals surface area contributed by atoms with Crippen molar-refractivity contribution in [3.05, 3.63) is 65.7 Å². The lowest BCUT2D eigenvalue weighted by Crippen LogP contribution is -2.10. The highest BCUT2D eigenvalue weighted by atomic mass is 16.7. The Morgan fingerprint density at radius 2 is 1.70 bits per heavy atom. The van der Waals surface area contributed by atoms with Gasteiger partial charge >= 0.3 is 5.97 Å². The summed E-state index contributed by atoms with van der Waals surface area (Å²) in [5.74, 6) is 0.220.